The molecule has 6 heteroatoms. The van der Waals surface area contributed by atoms with Gasteiger partial charge in [-0.2, -0.15) is 5.10 Å². The van der Waals surface area contributed by atoms with E-state index in [-0.39, 0.29) is 6.42 Å². The van der Waals surface area contributed by atoms with Crippen LogP contribution in [0.15, 0.2) is 24.3 Å². The predicted molar refractivity (Wildman–Crippen MR) is 69.8 cm³/mol. The first-order chi connectivity index (χ1) is 8.58. The maximum absolute atomic E-state index is 10.6. The Hall–Kier alpha value is -1.95. The van der Waals surface area contributed by atoms with E-state index in [0.29, 0.717) is 17.1 Å². The van der Waals surface area contributed by atoms with Gasteiger partial charge in [-0.3, -0.25) is 14.5 Å². The second-order valence-electron chi connectivity index (χ2n) is 4.01. The van der Waals surface area contributed by atoms with Gasteiger partial charge in [-0.15, -0.1) is 0 Å². The number of aromatic amines is 1. The monoisotopic (exact) mass is 263 g/mol. The van der Waals surface area contributed by atoms with Gasteiger partial charge in [-0.05, 0) is 19.1 Å². The maximum atomic E-state index is 10.6. The van der Waals surface area contributed by atoms with Crippen LogP contribution in [0.5, 0.6) is 0 Å². The molecule has 0 aliphatic rings. The van der Waals surface area contributed by atoms with Crippen LogP contribution in [-0.4, -0.2) is 25.8 Å². The van der Waals surface area contributed by atoms with E-state index in [1.165, 1.54) is 0 Å². The number of aliphatic carboxylic acids is 1. The van der Waals surface area contributed by atoms with E-state index < -0.39 is 5.97 Å². The lowest BCUT2D eigenvalue weighted by molar-refractivity contribution is -0.137. The van der Waals surface area contributed by atoms with Gasteiger partial charge < -0.3 is 5.11 Å². The van der Waals surface area contributed by atoms with E-state index in [9.17, 15) is 4.79 Å². The Balaban J connectivity index is 2.36. The fourth-order valence-corrected chi connectivity index (χ4v) is 1.88. The van der Waals surface area contributed by atoms with Gasteiger partial charge in [0.05, 0.1) is 6.42 Å². The van der Waals surface area contributed by atoms with E-state index in [1.807, 2.05) is 31.2 Å². The minimum absolute atomic E-state index is 0.0205. The van der Waals surface area contributed by atoms with Crippen LogP contribution in [0.1, 0.15) is 12.0 Å². The highest BCUT2D eigenvalue weighted by Gasteiger charge is 2.09. The number of aromatic nitrogens is 3. The summed E-state index contributed by atoms with van der Waals surface area (Å²) < 4.78 is 2.14. The van der Waals surface area contributed by atoms with E-state index in [4.69, 9.17) is 17.3 Å². The SMILES string of the molecule is Cc1ccc(-c2n[nH]c(=S)n2CCC(=O)O)cc1. The predicted octanol–water partition coefficient (Wildman–Crippen LogP) is 2.39. The number of hydrogen-bond donors (Lipinski definition) is 2. The van der Waals surface area contributed by atoms with Crippen LogP contribution in [0, 0.1) is 11.7 Å². The summed E-state index contributed by atoms with van der Waals surface area (Å²) in [5.74, 6) is -0.186. The third kappa shape index (κ3) is 2.65. The molecule has 0 saturated heterocycles. The number of H-pyrrole nitrogens is 1. The average Bonchev–Trinajstić information content (AvgIpc) is 2.69. The van der Waals surface area contributed by atoms with Crippen LogP contribution in [0.2, 0.25) is 0 Å². The first kappa shape index (κ1) is 12.5. The molecule has 0 spiro atoms. The number of nitrogens with one attached hydrogen (secondary N) is 1. The molecular formula is C12H13N3O2S. The highest BCUT2D eigenvalue weighted by molar-refractivity contribution is 7.71. The van der Waals surface area contributed by atoms with E-state index in [1.54, 1.807) is 4.57 Å². The molecule has 1 heterocycles. The number of nitrogens with zero attached hydrogens (tertiary/aromatic N) is 2. The van der Waals surface area contributed by atoms with E-state index in [0.717, 1.165) is 11.1 Å². The molecule has 0 aliphatic carbocycles. The zero-order valence-corrected chi connectivity index (χ0v) is 10.7. The van der Waals surface area contributed by atoms with Gasteiger partial charge in [0.15, 0.2) is 10.6 Å². The maximum Gasteiger partial charge on any atom is 0.305 e. The van der Waals surface area contributed by atoms with Gasteiger partial charge in [0.1, 0.15) is 0 Å². The molecule has 1 aromatic heterocycles. The van der Waals surface area contributed by atoms with Gasteiger partial charge in [0.25, 0.3) is 0 Å². The zero-order valence-electron chi connectivity index (χ0n) is 9.88. The Labute approximate surface area is 109 Å². The molecule has 0 saturated carbocycles. The lowest BCUT2D eigenvalue weighted by atomic mass is 10.1. The summed E-state index contributed by atoms with van der Waals surface area (Å²) in [6, 6.07) is 7.85. The summed E-state index contributed by atoms with van der Waals surface area (Å²) >= 11 is 5.10. The molecule has 0 unspecified atom stereocenters. The number of rotatable bonds is 4. The summed E-state index contributed by atoms with van der Waals surface area (Å²) in [6.45, 7) is 2.32. The molecule has 0 radical (unpaired) electrons. The molecule has 0 amide bonds. The Kier molecular flexibility index (Phi) is 3.57. The summed E-state index contributed by atoms with van der Waals surface area (Å²) in [5, 5.41) is 15.6. The van der Waals surface area contributed by atoms with Crippen molar-refractivity contribution in [2.75, 3.05) is 0 Å². The summed E-state index contributed by atoms with van der Waals surface area (Å²) in [4.78, 5) is 10.6. The minimum atomic E-state index is -0.854. The normalized spacial score (nSPS) is 10.5. The van der Waals surface area contributed by atoms with Crippen molar-refractivity contribution in [3.8, 4) is 11.4 Å². The van der Waals surface area contributed by atoms with E-state index in [2.05, 4.69) is 10.2 Å². The molecule has 94 valence electrons. The molecule has 2 rings (SSSR count). The van der Waals surface area contributed by atoms with Crippen LogP contribution >= 0.6 is 12.2 Å². The van der Waals surface area contributed by atoms with Gasteiger partial charge >= 0.3 is 5.97 Å². The number of carbonyl (C=O) groups is 1. The molecule has 18 heavy (non-hydrogen) atoms. The number of benzene rings is 1. The molecule has 0 atom stereocenters. The Bertz CT molecular complexity index is 613. The molecule has 1 aromatic carbocycles. The van der Waals surface area contributed by atoms with Crippen molar-refractivity contribution in [3.63, 3.8) is 0 Å². The van der Waals surface area contributed by atoms with E-state index >= 15 is 0 Å². The molecule has 2 N–H and O–H groups in total. The topological polar surface area (TPSA) is 70.9 Å². The lowest BCUT2D eigenvalue weighted by Gasteiger charge is -2.05. The van der Waals surface area contributed by atoms with Crippen LogP contribution in [0.3, 0.4) is 0 Å². The molecule has 2 aromatic rings. The number of hydrogen-bond acceptors (Lipinski definition) is 3. The highest BCUT2D eigenvalue weighted by atomic mass is 32.1. The van der Waals surface area contributed by atoms with Gasteiger partial charge in [-0.1, -0.05) is 29.8 Å². The lowest BCUT2D eigenvalue weighted by Crippen LogP contribution is -2.06. The third-order valence-corrected chi connectivity index (χ3v) is 2.93. The zero-order chi connectivity index (χ0) is 13.1. The molecule has 5 nitrogen and oxygen atoms in total. The van der Waals surface area contributed by atoms with Crippen LogP contribution in [0.25, 0.3) is 11.4 Å². The fourth-order valence-electron chi connectivity index (χ4n) is 1.66. The quantitative estimate of drug-likeness (QED) is 0.831. The smallest absolute Gasteiger partial charge is 0.305 e. The van der Waals surface area contributed by atoms with Crippen LogP contribution in [0.4, 0.5) is 0 Å². The number of carboxylic acid groups (broad SMARTS) is 1. The van der Waals surface area contributed by atoms with Gasteiger partial charge in [0.2, 0.25) is 0 Å². The highest BCUT2D eigenvalue weighted by Crippen LogP contribution is 2.18. The van der Waals surface area contributed by atoms with Crippen molar-refractivity contribution in [2.45, 2.75) is 19.9 Å². The third-order valence-electron chi connectivity index (χ3n) is 2.62. The Morgan fingerprint density at radius 1 is 1.44 bits per heavy atom. The van der Waals surface area contributed by atoms with Crippen molar-refractivity contribution in [2.24, 2.45) is 0 Å². The van der Waals surface area contributed by atoms with Crippen molar-refractivity contribution in [1.82, 2.24) is 14.8 Å². The fraction of sp³-hybridized carbons (Fsp3) is 0.250. The molecular weight excluding hydrogens is 250 g/mol. The second kappa shape index (κ2) is 5.14. The number of carboxylic acids is 1. The van der Waals surface area contributed by atoms with Crippen molar-refractivity contribution < 1.29 is 9.90 Å². The summed E-state index contributed by atoms with van der Waals surface area (Å²) in [6.07, 6.45) is 0.0205. The van der Waals surface area contributed by atoms with Gasteiger partial charge in [0, 0.05) is 12.1 Å². The van der Waals surface area contributed by atoms with Crippen molar-refractivity contribution >= 4 is 18.2 Å². The summed E-state index contributed by atoms with van der Waals surface area (Å²) in [5.41, 5.74) is 2.07. The van der Waals surface area contributed by atoms with Gasteiger partial charge in [-0.25, -0.2) is 0 Å². The van der Waals surface area contributed by atoms with Crippen molar-refractivity contribution in [1.29, 1.82) is 0 Å². The average molecular weight is 263 g/mol. The largest absolute Gasteiger partial charge is 0.481 e. The Morgan fingerprint density at radius 3 is 2.72 bits per heavy atom. The second-order valence-corrected chi connectivity index (χ2v) is 4.40. The Morgan fingerprint density at radius 2 is 2.11 bits per heavy atom. The standard InChI is InChI=1S/C12H13N3O2S/c1-8-2-4-9(5-3-8)11-13-14-12(18)15(11)7-6-10(16)17/h2-5H,6-7H2,1H3,(H,14,18)(H,16,17). The molecule has 0 fully saturated rings. The molecule has 0 bridgehead atoms. The number of aryl methyl sites for hydroxylation is 1. The first-order valence-corrected chi connectivity index (χ1v) is 5.93. The van der Waals surface area contributed by atoms with Crippen LogP contribution < -0.4 is 0 Å². The van der Waals surface area contributed by atoms with Crippen LogP contribution in [-0.2, 0) is 11.3 Å². The first-order valence-electron chi connectivity index (χ1n) is 5.52. The molecule has 0 aliphatic heterocycles. The summed E-state index contributed by atoms with van der Waals surface area (Å²) in [7, 11) is 0. The minimum Gasteiger partial charge on any atom is -0.481 e. The van der Waals surface area contributed by atoms with Crippen molar-refractivity contribution in [3.05, 3.63) is 34.6 Å².